The van der Waals surface area contributed by atoms with E-state index in [1.165, 1.54) is 36.9 Å². The molecule has 0 aliphatic carbocycles. The molecule has 2 aromatic rings. The average Bonchev–Trinajstić information content (AvgIpc) is 2.64. The summed E-state index contributed by atoms with van der Waals surface area (Å²) in [5.74, 6) is 0.669. The maximum absolute atomic E-state index is 9.05. The zero-order valence-corrected chi connectivity index (χ0v) is 15.3. The van der Waals surface area contributed by atoms with Crippen molar-refractivity contribution in [1.82, 2.24) is 9.88 Å². The SMILES string of the molecule is CC1CCCCN1Cc1ccccc1CNc1ccc(Cl)c(C#N)n1. The van der Waals surface area contributed by atoms with Crippen LogP contribution in [0.2, 0.25) is 5.02 Å². The summed E-state index contributed by atoms with van der Waals surface area (Å²) in [7, 11) is 0. The van der Waals surface area contributed by atoms with Gasteiger partial charge in [-0.25, -0.2) is 4.98 Å². The Hall–Kier alpha value is -2.09. The maximum Gasteiger partial charge on any atom is 0.161 e. The molecule has 0 saturated carbocycles. The number of hydrogen-bond donors (Lipinski definition) is 1. The third-order valence-corrected chi connectivity index (χ3v) is 5.15. The fourth-order valence-electron chi connectivity index (χ4n) is 3.30. The van der Waals surface area contributed by atoms with Gasteiger partial charge in [0.25, 0.3) is 0 Å². The molecular formula is C20H23ClN4. The standard InChI is InChI=1S/C20H23ClN4/c1-15-6-4-5-11-25(15)14-17-8-3-2-7-16(17)13-23-20-10-9-18(21)19(12-22)24-20/h2-3,7-10,15H,4-6,11,13-14H2,1H3,(H,23,24). The van der Waals surface area contributed by atoms with Crippen LogP contribution in [0.25, 0.3) is 0 Å². The Bertz CT molecular complexity index is 769. The Morgan fingerprint density at radius 2 is 2.04 bits per heavy atom. The summed E-state index contributed by atoms with van der Waals surface area (Å²) < 4.78 is 0. The van der Waals surface area contributed by atoms with Gasteiger partial charge in [0, 0.05) is 19.1 Å². The van der Waals surface area contributed by atoms with Crippen LogP contribution in [0.3, 0.4) is 0 Å². The molecule has 3 rings (SSSR count). The van der Waals surface area contributed by atoms with E-state index in [0.29, 0.717) is 23.4 Å². The molecule has 1 N–H and O–H groups in total. The number of hydrogen-bond acceptors (Lipinski definition) is 4. The Morgan fingerprint density at radius 1 is 1.24 bits per heavy atom. The molecule has 0 spiro atoms. The van der Waals surface area contributed by atoms with Crippen molar-refractivity contribution in [3.8, 4) is 6.07 Å². The molecular weight excluding hydrogens is 332 g/mol. The molecule has 25 heavy (non-hydrogen) atoms. The van der Waals surface area contributed by atoms with Crippen molar-refractivity contribution in [3.63, 3.8) is 0 Å². The molecule has 1 atom stereocenters. The van der Waals surface area contributed by atoms with E-state index < -0.39 is 0 Å². The first-order valence-corrected chi connectivity index (χ1v) is 9.16. The Morgan fingerprint density at radius 3 is 2.80 bits per heavy atom. The molecule has 1 aliphatic heterocycles. The Kier molecular flexibility index (Phi) is 5.91. The minimum absolute atomic E-state index is 0.252. The number of benzene rings is 1. The van der Waals surface area contributed by atoms with E-state index >= 15 is 0 Å². The fraction of sp³-hybridized carbons (Fsp3) is 0.400. The lowest BCUT2D eigenvalue weighted by Gasteiger charge is -2.33. The molecule has 5 heteroatoms. The summed E-state index contributed by atoms with van der Waals surface area (Å²) >= 11 is 5.94. The van der Waals surface area contributed by atoms with Crippen molar-refractivity contribution < 1.29 is 0 Å². The highest BCUT2D eigenvalue weighted by Gasteiger charge is 2.19. The van der Waals surface area contributed by atoms with Crippen LogP contribution in [-0.4, -0.2) is 22.5 Å². The predicted octanol–water partition coefficient (Wildman–Crippen LogP) is 4.59. The second-order valence-electron chi connectivity index (χ2n) is 6.58. The number of nitrogens with zero attached hydrogens (tertiary/aromatic N) is 3. The van der Waals surface area contributed by atoms with Crippen LogP contribution in [0.15, 0.2) is 36.4 Å². The Labute approximate surface area is 154 Å². The first-order valence-electron chi connectivity index (χ1n) is 8.78. The fourth-order valence-corrected chi connectivity index (χ4v) is 3.45. The van der Waals surface area contributed by atoms with Gasteiger partial charge in [0.1, 0.15) is 11.9 Å². The minimum atomic E-state index is 0.252. The third-order valence-electron chi connectivity index (χ3n) is 4.84. The average molecular weight is 355 g/mol. The molecule has 2 heterocycles. The van der Waals surface area contributed by atoms with E-state index in [9.17, 15) is 0 Å². The lowest BCUT2D eigenvalue weighted by Crippen LogP contribution is -2.37. The van der Waals surface area contributed by atoms with Crippen molar-refractivity contribution in [3.05, 3.63) is 58.2 Å². The van der Waals surface area contributed by atoms with Crippen LogP contribution in [0.1, 0.15) is 43.0 Å². The highest BCUT2D eigenvalue weighted by Crippen LogP contribution is 2.22. The molecule has 0 radical (unpaired) electrons. The van der Waals surface area contributed by atoms with Gasteiger partial charge in [-0.05, 0) is 49.6 Å². The van der Waals surface area contributed by atoms with Gasteiger partial charge in [0.15, 0.2) is 5.69 Å². The minimum Gasteiger partial charge on any atom is -0.366 e. The first kappa shape index (κ1) is 17.7. The van der Waals surface area contributed by atoms with Gasteiger partial charge < -0.3 is 5.32 Å². The van der Waals surface area contributed by atoms with E-state index in [-0.39, 0.29) is 5.69 Å². The molecule has 130 valence electrons. The molecule has 0 amide bonds. The van der Waals surface area contributed by atoms with E-state index in [2.05, 4.69) is 46.4 Å². The zero-order chi connectivity index (χ0) is 17.6. The van der Waals surface area contributed by atoms with Crippen LogP contribution in [0, 0.1) is 11.3 Å². The summed E-state index contributed by atoms with van der Waals surface area (Å²) in [5.41, 5.74) is 2.86. The van der Waals surface area contributed by atoms with Crippen molar-refractivity contribution in [2.45, 2.75) is 45.3 Å². The number of nitrogens with one attached hydrogen (secondary N) is 1. The largest absolute Gasteiger partial charge is 0.366 e. The van der Waals surface area contributed by atoms with Gasteiger partial charge in [-0.1, -0.05) is 42.3 Å². The molecule has 1 aromatic heterocycles. The topological polar surface area (TPSA) is 52.0 Å². The van der Waals surface area contributed by atoms with E-state index in [1.54, 1.807) is 12.1 Å². The number of anilines is 1. The zero-order valence-electron chi connectivity index (χ0n) is 14.5. The van der Waals surface area contributed by atoms with Crippen LogP contribution in [-0.2, 0) is 13.1 Å². The number of rotatable bonds is 5. The van der Waals surface area contributed by atoms with Crippen LogP contribution < -0.4 is 5.32 Å². The smallest absolute Gasteiger partial charge is 0.161 e. The number of pyridine rings is 1. The highest BCUT2D eigenvalue weighted by molar-refractivity contribution is 6.31. The number of aromatic nitrogens is 1. The number of halogens is 1. The molecule has 1 aromatic carbocycles. The summed E-state index contributed by atoms with van der Waals surface area (Å²) in [6.07, 6.45) is 3.91. The molecule has 1 saturated heterocycles. The van der Waals surface area contributed by atoms with Crippen molar-refractivity contribution in [2.24, 2.45) is 0 Å². The van der Waals surface area contributed by atoms with Crippen molar-refractivity contribution in [2.75, 3.05) is 11.9 Å². The van der Waals surface area contributed by atoms with E-state index in [4.69, 9.17) is 16.9 Å². The lowest BCUT2D eigenvalue weighted by atomic mass is 10.0. The molecule has 1 aliphatic rings. The quantitative estimate of drug-likeness (QED) is 0.853. The normalized spacial score (nSPS) is 17.9. The van der Waals surface area contributed by atoms with E-state index in [0.717, 1.165) is 6.54 Å². The van der Waals surface area contributed by atoms with Crippen LogP contribution >= 0.6 is 11.6 Å². The molecule has 1 fully saturated rings. The van der Waals surface area contributed by atoms with Crippen LogP contribution in [0.4, 0.5) is 5.82 Å². The van der Waals surface area contributed by atoms with Gasteiger partial charge in [-0.2, -0.15) is 5.26 Å². The highest BCUT2D eigenvalue weighted by atomic mass is 35.5. The molecule has 4 nitrogen and oxygen atoms in total. The van der Waals surface area contributed by atoms with Crippen LogP contribution in [0.5, 0.6) is 0 Å². The van der Waals surface area contributed by atoms with Crippen molar-refractivity contribution >= 4 is 17.4 Å². The van der Waals surface area contributed by atoms with Gasteiger partial charge in [-0.3, -0.25) is 4.90 Å². The van der Waals surface area contributed by atoms with E-state index in [1.807, 2.05) is 6.07 Å². The van der Waals surface area contributed by atoms with Gasteiger partial charge in [-0.15, -0.1) is 0 Å². The number of likely N-dealkylation sites (tertiary alicyclic amines) is 1. The lowest BCUT2D eigenvalue weighted by molar-refractivity contribution is 0.152. The first-order chi connectivity index (χ1) is 12.2. The number of nitriles is 1. The summed E-state index contributed by atoms with van der Waals surface area (Å²) in [5, 5.41) is 12.7. The third kappa shape index (κ3) is 4.50. The Balaban J connectivity index is 1.70. The summed E-state index contributed by atoms with van der Waals surface area (Å²) in [6, 6.07) is 14.7. The van der Waals surface area contributed by atoms with Crippen molar-refractivity contribution in [1.29, 1.82) is 5.26 Å². The second kappa shape index (κ2) is 8.33. The van der Waals surface area contributed by atoms with Gasteiger partial charge >= 0.3 is 0 Å². The molecule has 1 unspecified atom stereocenters. The monoisotopic (exact) mass is 354 g/mol. The summed E-state index contributed by atoms with van der Waals surface area (Å²) in [6.45, 7) is 5.16. The molecule has 0 bridgehead atoms. The summed E-state index contributed by atoms with van der Waals surface area (Å²) in [4.78, 5) is 6.81. The number of piperidine rings is 1. The predicted molar refractivity (Wildman–Crippen MR) is 101 cm³/mol. The van der Waals surface area contributed by atoms with Gasteiger partial charge in [0.2, 0.25) is 0 Å². The van der Waals surface area contributed by atoms with Gasteiger partial charge in [0.05, 0.1) is 5.02 Å². The maximum atomic E-state index is 9.05. The second-order valence-corrected chi connectivity index (χ2v) is 6.98.